The van der Waals surface area contributed by atoms with E-state index in [1.54, 1.807) is 36.4 Å². The Hall–Kier alpha value is -2.73. The lowest BCUT2D eigenvalue weighted by atomic mass is 10.1. The number of carbonyl (C=O) groups excluding carboxylic acids is 2. The largest absolute Gasteiger partial charge is 0.504 e. The number of carbonyl (C=O) groups is 2. The second-order valence-electron chi connectivity index (χ2n) is 5.59. The molecule has 26 heavy (non-hydrogen) atoms. The number of esters is 1. The van der Waals surface area contributed by atoms with Gasteiger partial charge in [0.2, 0.25) is 6.10 Å². The van der Waals surface area contributed by atoms with E-state index in [4.69, 9.17) is 21.1 Å². The van der Waals surface area contributed by atoms with E-state index in [1.807, 2.05) is 0 Å². The standard InChI is InChI=1S/C19H20ClNO5/c1-12(22)26-18(14-4-6-15(20)7-5-14)19(24)21-10-9-13-3-8-16(23)17(11-13)25-2/h3-8,11,18,23H,9-10H2,1-2H3,(H,21,24). The molecule has 0 aliphatic carbocycles. The van der Waals surface area contributed by atoms with Crippen LogP contribution in [0.4, 0.5) is 0 Å². The minimum absolute atomic E-state index is 0.0537. The highest BCUT2D eigenvalue weighted by atomic mass is 35.5. The average molecular weight is 378 g/mol. The number of benzene rings is 2. The van der Waals surface area contributed by atoms with Crippen LogP contribution in [0.2, 0.25) is 5.02 Å². The molecule has 0 aliphatic rings. The number of amides is 1. The lowest BCUT2D eigenvalue weighted by molar-refractivity contribution is -0.154. The molecule has 7 heteroatoms. The van der Waals surface area contributed by atoms with Crippen LogP contribution >= 0.6 is 11.6 Å². The molecule has 0 aromatic heterocycles. The van der Waals surface area contributed by atoms with E-state index in [-0.39, 0.29) is 5.75 Å². The molecule has 0 bridgehead atoms. The van der Waals surface area contributed by atoms with Gasteiger partial charge in [-0.15, -0.1) is 0 Å². The van der Waals surface area contributed by atoms with E-state index in [0.29, 0.717) is 29.3 Å². The van der Waals surface area contributed by atoms with Gasteiger partial charge in [0, 0.05) is 24.1 Å². The van der Waals surface area contributed by atoms with Crippen LogP contribution < -0.4 is 10.1 Å². The topological polar surface area (TPSA) is 84.9 Å². The number of hydrogen-bond donors (Lipinski definition) is 2. The SMILES string of the molecule is COc1cc(CCNC(=O)C(OC(C)=O)c2ccc(Cl)cc2)ccc1O. The molecule has 138 valence electrons. The van der Waals surface area contributed by atoms with Crippen molar-refractivity contribution in [2.24, 2.45) is 0 Å². The minimum Gasteiger partial charge on any atom is -0.504 e. The quantitative estimate of drug-likeness (QED) is 0.724. The molecule has 0 fully saturated rings. The number of hydrogen-bond acceptors (Lipinski definition) is 5. The predicted octanol–water partition coefficient (Wildman–Crippen LogP) is 3.02. The molecule has 0 heterocycles. The smallest absolute Gasteiger partial charge is 0.303 e. The maximum Gasteiger partial charge on any atom is 0.303 e. The van der Waals surface area contributed by atoms with Gasteiger partial charge >= 0.3 is 5.97 Å². The third-order valence-electron chi connectivity index (χ3n) is 3.65. The molecule has 2 N–H and O–H groups in total. The summed E-state index contributed by atoms with van der Waals surface area (Å²) in [6.45, 7) is 1.58. The number of methoxy groups -OCH3 is 1. The molecule has 0 saturated carbocycles. The average Bonchev–Trinajstić information content (AvgIpc) is 2.61. The summed E-state index contributed by atoms with van der Waals surface area (Å²) in [7, 11) is 1.47. The van der Waals surface area contributed by atoms with Gasteiger partial charge in [0.15, 0.2) is 11.5 Å². The summed E-state index contributed by atoms with van der Waals surface area (Å²) in [6.07, 6.45) is -0.519. The van der Waals surface area contributed by atoms with Crippen molar-refractivity contribution in [2.75, 3.05) is 13.7 Å². The minimum atomic E-state index is -1.04. The monoisotopic (exact) mass is 377 g/mol. The van der Waals surface area contributed by atoms with Crippen LogP contribution in [0.25, 0.3) is 0 Å². The fourth-order valence-electron chi connectivity index (χ4n) is 2.38. The summed E-state index contributed by atoms with van der Waals surface area (Å²) >= 11 is 5.85. The van der Waals surface area contributed by atoms with Crippen molar-refractivity contribution < 1.29 is 24.2 Å². The Morgan fingerprint density at radius 1 is 1.19 bits per heavy atom. The highest BCUT2D eigenvalue weighted by Gasteiger charge is 2.23. The zero-order valence-corrected chi connectivity index (χ0v) is 15.2. The van der Waals surface area contributed by atoms with Crippen molar-refractivity contribution in [1.29, 1.82) is 0 Å². The lowest BCUT2D eigenvalue weighted by Crippen LogP contribution is -2.33. The molecule has 2 aromatic rings. The Morgan fingerprint density at radius 2 is 1.88 bits per heavy atom. The number of nitrogens with one attached hydrogen (secondary N) is 1. The van der Waals surface area contributed by atoms with Gasteiger partial charge in [-0.25, -0.2) is 0 Å². The summed E-state index contributed by atoms with van der Waals surface area (Å²) in [4.78, 5) is 23.8. The Kier molecular flexibility index (Phi) is 6.86. The summed E-state index contributed by atoms with van der Waals surface area (Å²) in [6, 6.07) is 11.5. The third-order valence-corrected chi connectivity index (χ3v) is 3.90. The van der Waals surface area contributed by atoms with E-state index in [0.717, 1.165) is 5.56 Å². The molecule has 2 aromatic carbocycles. The van der Waals surface area contributed by atoms with Gasteiger partial charge in [0.05, 0.1) is 7.11 Å². The van der Waals surface area contributed by atoms with E-state index < -0.39 is 18.0 Å². The number of ether oxygens (including phenoxy) is 2. The first-order chi connectivity index (χ1) is 12.4. The fraction of sp³-hybridized carbons (Fsp3) is 0.263. The maximum absolute atomic E-state index is 12.4. The summed E-state index contributed by atoms with van der Waals surface area (Å²) < 4.78 is 10.2. The molecule has 0 spiro atoms. The first-order valence-corrected chi connectivity index (χ1v) is 8.34. The zero-order valence-electron chi connectivity index (χ0n) is 14.5. The van der Waals surface area contributed by atoms with Gasteiger partial charge in [-0.2, -0.15) is 0 Å². The molecule has 6 nitrogen and oxygen atoms in total. The van der Waals surface area contributed by atoms with E-state index in [2.05, 4.69) is 5.32 Å². The van der Waals surface area contributed by atoms with Crippen molar-refractivity contribution in [3.05, 3.63) is 58.6 Å². The summed E-state index contributed by atoms with van der Waals surface area (Å²) in [5.74, 6) is -0.553. The second-order valence-corrected chi connectivity index (χ2v) is 6.02. The number of phenolic OH excluding ortho intramolecular Hbond substituents is 1. The normalized spacial score (nSPS) is 11.5. The lowest BCUT2D eigenvalue weighted by Gasteiger charge is -2.17. The molecular weight excluding hydrogens is 358 g/mol. The first kappa shape index (κ1) is 19.6. The molecule has 1 atom stereocenters. The Bertz CT molecular complexity index is 776. The van der Waals surface area contributed by atoms with Crippen LogP contribution in [-0.4, -0.2) is 30.6 Å². The van der Waals surface area contributed by atoms with Crippen molar-refractivity contribution in [1.82, 2.24) is 5.32 Å². The van der Waals surface area contributed by atoms with Gasteiger partial charge in [0.1, 0.15) is 0 Å². The highest BCUT2D eigenvalue weighted by molar-refractivity contribution is 6.30. The highest BCUT2D eigenvalue weighted by Crippen LogP contribution is 2.26. The molecule has 0 aliphatic heterocycles. The molecule has 1 amide bonds. The Labute approximate surface area is 156 Å². The van der Waals surface area contributed by atoms with Gasteiger partial charge in [0.25, 0.3) is 5.91 Å². The number of phenols is 1. The van der Waals surface area contributed by atoms with E-state index >= 15 is 0 Å². The molecule has 0 saturated heterocycles. The van der Waals surface area contributed by atoms with Crippen LogP contribution in [0.3, 0.4) is 0 Å². The maximum atomic E-state index is 12.4. The van der Waals surface area contributed by atoms with Crippen molar-refractivity contribution in [2.45, 2.75) is 19.4 Å². The van der Waals surface area contributed by atoms with Gasteiger partial charge in [-0.1, -0.05) is 29.8 Å². The van der Waals surface area contributed by atoms with Crippen LogP contribution in [0.15, 0.2) is 42.5 Å². The van der Waals surface area contributed by atoms with E-state index in [9.17, 15) is 14.7 Å². The van der Waals surface area contributed by atoms with Crippen LogP contribution in [-0.2, 0) is 20.7 Å². The molecule has 2 rings (SSSR count). The van der Waals surface area contributed by atoms with Crippen LogP contribution in [0, 0.1) is 0 Å². The van der Waals surface area contributed by atoms with Crippen LogP contribution in [0.5, 0.6) is 11.5 Å². The number of aromatic hydroxyl groups is 1. The van der Waals surface area contributed by atoms with Crippen molar-refractivity contribution in [3.63, 3.8) is 0 Å². The summed E-state index contributed by atoms with van der Waals surface area (Å²) in [5.41, 5.74) is 1.42. The third kappa shape index (κ3) is 5.39. The molecular formula is C19H20ClNO5. The van der Waals surface area contributed by atoms with E-state index in [1.165, 1.54) is 20.1 Å². The van der Waals surface area contributed by atoms with Crippen LogP contribution in [0.1, 0.15) is 24.2 Å². The molecule has 1 unspecified atom stereocenters. The first-order valence-electron chi connectivity index (χ1n) is 7.97. The Balaban J connectivity index is 2.00. The zero-order chi connectivity index (χ0) is 19.1. The summed E-state index contributed by atoms with van der Waals surface area (Å²) in [5, 5.41) is 12.9. The number of halogens is 1. The van der Waals surface area contributed by atoms with Gasteiger partial charge < -0.3 is 19.9 Å². The Morgan fingerprint density at radius 3 is 2.50 bits per heavy atom. The predicted molar refractivity (Wildman–Crippen MR) is 97.3 cm³/mol. The molecule has 0 radical (unpaired) electrons. The number of rotatable bonds is 7. The van der Waals surface area contributed by atoms with Crippen molar-refractivity contribution >= 4 is 23.5 Å². The second kappa shape index (κ2) is 9.10. The fourth-order valence-corrected chi connectivity index (χ4v) is 2.50. The van der Waals surface area contributed by atoms with Gasteiger partial charge in [-0.3, -0.25) is 9.59 Å². The van der Waals surface area contributed by atoms with Gasteiger partial charge in [-0.05, 0) is 36.2 Å². The van der Waals surface area contributed by atoms with Crippen molar-refractivity contribution in [3.8, 4) is 11.5 Å².